The largest absolute Gasteiger partial charge is 0.478 e. The monoisotopic (exact) mass is 259 g/mol. The summed E-state index contributed by atoms with van der Waals surface area (Å²) in [4.78, 5) is 24.3. The van der Waals surface area contributed by atoms with Crippen LogP contribution in [0.25, 0.3) is 0 Å². The van der Waals surface area contributed by atoms with Crippen LogP contribution in [0.2, 0.25) is 0 Å². The lowest BCUT2D eigenvalue weighted by Crippen LogP contribution is -2.34. The van der Waals surface area contributed by atoms with Gasteiger partial charge >= 0.3 is 5.97 Å². The van der Waals surface area contributed by atoms with Crippen LogP contribution < -0.4 is 5.32 Å². The normalized spacial score (nSPS) is 13.6. The van der Waals surface area contributed by atoms with Crippen molar-refractivity contribution in [3.63, 3.8) is 0 Å². The van der Waals surface area contributed by atoms with Crippen molar-refractivity contribution in [3.05, 3.63) is 34.9 Å². The highest BCUT2D eigenvalue weighted by atomic mass is 16.4. The number of nitrogens with zero attached hydrogens (tertiary/aromatic N) is 2. The molecule has 0 aliphatic carbocycles. The van der Waals surface area contributed by atoms with E-state index in [4.69, 9.17) is 10.4 Å². The van der Waals surface area contributed by atoms with Crippen LogP contribution in [0.3, 0.4) is 0 Å². The van der Waals surface area contributed by atoms with E-state index in [9.17, 15) is 9.59 Å². The molecular formula is C13H13N3O3. The first-order chi connectivity index (χ1) is 9.10. The molecule has 0 bridgehead atoms. The number of nitrogens with one attached hydrogen (secondary N) is 1. The zero-order valence-corrected chi connectivity index (χ0v) is 10.2. The molecule has 0 atom stereocenters. The SMILES string of the molecule is N#CCNC(=O)CN1Cc2ccc(C(=O)O)cc2C1. The molecule has 6 heteroatoms. The molecule has 2 N–H and O–H groups in total. The van der Waals surface area contributed by atoms with Crippen molar-refractivity contribution in [2.45, 2.75) is 13.1 Å². The number of aromatic carboxylic acids is 1. The number of rotatable bonds is 4. The van der Waals surface area contributed by atoms with Crippen molar-refractivity contribution in [2.75, 3.05) is 13.1 Å². The molecule has 1 aliphatic heterocycles. The first-order valence-corrected chi connectivity index (χ1v) is 5.81. The first kappa shape index (κ1) is 13.1. The molecule has 0 radical (unpaired) electrons. The molecule has 6 nitrogen and oxygen atoms in total. The molecule has 1 aromatic carbocycles. The van der Waals surface area contributed by atoms with Gasteiger partial charge in [-0.3, -0.25) is 9.69 Å². The minimum atomic E-state index is -0.951. The molecule has 1 amide bonds. The van der Waals surface area contributed by atoms with Crippen LogP contribution in [-0.2, 0) is 17.9 Å². The van der Waals surface area contributed by atoms with Gasteiger partial charge in [0.15, 0.2) is 0 Å². The maximum Gasteiger partial charge on any atom is 0.335 e. The number of amides is 1. The number of carbonyl (C=O) groups excluding carboxylic acids is 1. The van der Waals surface area contributed by atoms with Crippen LogP contribution in [0.1, 0.15) is 21.5 Å². The Morgan fingerprint density at radius 2 is 2.11 bits per heavy atom. The number of carboxylic acids is 1. The summed E-state index contributed by atoms with van der Waals surface area (Å²) in [5.41, 5.74) is 2.24. The first-order valence-electron chi connectivity index (χ1n) is 5.81. The van der Waals surface area contributed by atoms with Gasteiger partial charge in [0.2, 0.25) is 5.91 Å². The quantitative estimate of drug-likeness (QED) is 0.760. The second-order valence-corrected chi connectivity index (χ2v) is 4.37. The van der Waals surface area contributed by atoms with Crippen LogP contribution in [0, 0.1) is 11.3 Å². The smallest absolute Gasteiger partial charge is 0.335 e. The van der Waals surface area contributed by atoms with E-state index in [1.807, 2.05) is 11.0 Å². The third-order valence-electron chi connectivity index (χ3n) is 2.97. The maximum atomic E-state index is 11.5. The van der Waals surface area contributed by atoms with Gasteiger partial charge in [-0.05, 0) is 23.3 Å². The standard InChI is InChI=1S/C13H13N3O3/c14-3-4-15-12(17)8-16-6-10-2-1-9(13(18)19)5-11(10)7-16/h1-2,5H,4,6-8H2,(H,15,17)(H,18,19). The van der Waals surface area contributed by atoms with Gasteiger partial charge in [-0.2, -0.15) is 5.26 Å². The highest BCUT2D eigenvalue weighted by Gasteiger charge is 2.21. The molecule has 0 fully saturated rings. The van der Waals surface area contributed by atoms with Crippen LogP contribution in [0.15, 0.2) is 18.2 Å². The predicted octanol–water partition coefficient (Wildman–Crippen LogP) is 0.340. The van der Waals surface area contributed by atoms with Gasteiger partial charge in [0.1, 0.15) is 6.54 Å². The minimum absolute atomic E-state index is 0.00276. The second kappa shape index (κ2) is 5.50. The molecule has 98 valence electrons. The summed E-state index contributed by atoms with van der Waals surface area (Å²) in [5.74, 6) is -1.15. The Hall–Kier alpha value is -2.39. The fraction of sp³-hybridized carbons (Fsp3) is 0.308. The predicted molar refractivity (Wildman–Crippen MR) is 66.1 cm³/mol. The molecular weight excluding hydrogens is 246 g/mol. The fourth-order valence-corrected chi connectivity index (χ4v) is 2.11. The number of nitriles is 1. The number of hydrogen-bond acceptors (Lipinski definition) is 4. The van der Waals surface area contributed by atoms with Crippen molar-refractivity contribution in [1.29, 1.82) is 5.26 Å². The molecule has 0 saturated heterocycles. The molecule has 1 aromatic rings. The Balaban J connectivity index is 1.98. The van der Waals surface area contributed by atoms with Gasteiger partial charge in [0, 0.05) is 13.1 Å². The van der Waals surface area contributed by atoms with Gasteiger partial charge in [0.05, 0.1) is 18.2 Å². The van der Waals surface area contributed by atoms with Crippen LogP contribution >= 0.6 is 0 Å². The lowest BCUT2D eigenvalue weighted by Gasteiger charge is -2.13. The summed E-state index contributed by atoms with van der Waals surface area (Å²) in [6.07, 6.45) is 0. The number of fused-ring (bicyclic) bond motifs is 1. The maximum absolute atomic E-state index is 11.5. The fourth-order valence-electron chi connectivity index (χ4n) is 2.11. The van der Waals surface area contributed by atoms with Crippen LogP contribution in [0.4, 0.5) is 0 Å². The highest BCUT2D eigenvalue weighted by molar-refractivity contribution is 5.88. The summed E-state index contributed by atoms with van der Waals surface area (Å²) in [6.45, 7) is 1.38. The second-order valence-electron chi connectivity index (χ2n) is 4.37. The summed E-state index contributed by atoms with van der Waals surface area (Å²) in [6, 6.07) is 6.84. The zero-order chi connectivity index (χ0) is 13.8. The average molecular weight is 259 g/mol. The van der Waals surface area contributed by atoms with Gasteiger partial charge in [0.25, 0.3) is 0 Å². The van der Waals surface area contributed by atoms with E-state index >= 15 is 0 Å². The Bertz CT molecular complexity index is 563. The third kappa shape index (κ3) is 3.09. The summed E-state index contributed by atoms with van der Waals surface area (Å²) >= 11 is 0. The van der Waals surface area contributed by atoms with Gasteiger partial charge in [-0.25, -0.2) is 4.79 Å². The Labute approximate surface area is 110 Å². The van der Waals surface area contributed by atoms with E-state index in [2.05, 4.69) is 5.32 Å². The van der Waals surface area contributed by atoms with E-state index in [1.165, 1.54) is 0 Å². The Morgan fingerprint density at radius 1 is 1.37 bits per heavy atom. The summed E-state index contributed by atoms with van der Waals surface area (Å²) in [5, 5.41) is 19.8. The van der Waals surface area contributed by atoms with E-state index in [0.29, 0.717) is 13.1 Å². The molecule has 0 unspecified atom stereocenters. The van der Waals surface area contributed by atoms with Gasteiger partial charge < -0.3 is 10.4 Å². The summed E-state index contributed by atoms with van der Waals surface area (Å²) in [7, 11) is 0. The van der Waals surface area contributed by atoms with Crippen molar-refractivity contribution >= 4 is 11.9 Å². The zero-order valence-electron chi connectivity index (χ0n) is 10.2. The van der Waals surface area contributed by atoms with Crippen molar-refractivity contribution in [2.24, 2.45) is 0 Å². The Kier molecular flexibility index (Phi) is 3.78. The topological polar surface area (TPSA) is 93.4 Å². The third-order valence-corrected chi connectivity index (χ3v) is 2.97. The molecule has 0 spiro atoms. The number of carbonyl (C=O) groups is 2. The van der Waals surface area contributed by atoms with Crippen molar-refractivity contribution in [1.82, 2.24) is 10.2 Å². The van der Waals surface area contributed by atoms with Crippen molar-refractivity contribution in [3.8, 4) is 6.07 Å². The summed E-state index contributed by atoms with van der Waals surface area (Å²) < 4.78 is 0. The highest BCUT2D eigenvalue weighted by Crippen LogP contribution is 2.23. The molecule has 19 heavy (non-hydrogen) atoms. The minimum Gasteiger partial charge on any atom is -0.478 e. The lowest BCUT2D eigenvalue weighted by atomic mass is 10.1. The van der Waals surface area contributed by atoms with Crippen molar-refractivity contribution < 1.29 is 14.7 Å². The number of carboxylic acid groups (broad SMARTS) is 1. The molecule has 1 heterocycles. The average Bonchev–Trinajstić information content (AvgIpc) is 2.77. The van der Waals surface area contributed by atoms with Crippen LogP contribution in [-0.4, -0.2) is 35.0 Å². The molecule has 0 saturated carbocycles. The molecule has 1 aliphatic rings. The number of hydrogen-bond donors (Lipinski definition) is 2. The Morgan fingerprint density at radius 3 is 2.79 bits per heavy atom. The van der Waals surface area contributed by atoms with E-state index in [-0.39, 0.29) is 24.6 Å². The van der Waals surface area contributed by atoms with E-state index in [1.54, 1.807) is 18.2 Å². The number of benzene rings is 1. The van der Waals surface area contributed by atoms with Gasteiger partial charge in [-0.1, -0.05) is 6.07 Å². The molecule has 0 aromatic heterocycles. The molecule has 2 rings (SSSR count). The van der Waals surface area contributed by atoms with Crippen LogP contribution in [0.5, 0.6) is 0 Å². The van der Waals surface area contributed by atoms with E-state index in [0.717, 1.165) is 11.1 Å². The van der Waals surface area contributed by atoms with Gasteiger partial charge in [-0.15, -0.1) is 0 Å². The lowest BCUT2D eigenvalue weighted by molar-refractivity contribution is -0.122. The van der Waals surface area contributed by atoms with E-state index < -0.39 is 5.97 Å².